The van der Waals surface area contributed by atoms with Gasteiger partial charge in [0.15, 0.2) is 0 Å². The molecule has 4 rings (SSSR count). The number of carboxylic acids is 1. The minimum Gasteiger partial charge on any atom is -0.481 e. The van der Waals surface area contributed by atoms with Gasteiger partial charge in [-0.25, -0.2) is 0 Å². The number of aliphatic carboxylic acids is 1. The summed E-state index contributed by atoms with van der Waals surface area (Å²) in [6, 6.07) is 0. The summed E-state index contributed by atoms with van der Waals surface area (Å²) in [4.78, 5) is 12.7. The van der Waals surface area contributed by atoms with Crippen molar-refractivity contribution < 1.29 is 15.0 Å². The van der Waals surface area contributed by atoms with Crippen LogP contribution in [0.15, 0.2) is 11.6 Å². The average molecular weight is 445 g/mol. The van der Waals surface area contributed by atoms with Crippen molar-refractivity contribution >= 4 is 5.97 Å². The molecule has 3 heteroatoms. The maximum Gasteiger partial charge on any atom is 0.310 e. The van der Waals surface area contributed by atoms with Gasteiger partial charge >= 0.3 is 5.97 Å². The zero-order chi connectivity index (χ0) is 23.7. The van der Waals surface area contributed by atoms with E-state index in [1.165, 1.54) is 18.4 Å². The number of carboxylic acid groups (broad SMARTS) is 1. The van der Waals surface area contributed by atoms with Crippen LogP contribution in [0.5, 0.6) is 0 Å². The number of hydrogen-bond acceptors (Lipinski definition) is 2. The first-order valence-corrected chi connectivity index (χ1v) is 13.5. The van der Waals surface area contributed by atoms with Gasteiger partial charge in [-0.3, -0.25) is 4.79 Å². The fourth-order valence-corrected chi connectivity index (χ4v) is 10.2. The highest BCUT2D eigenvalue weighted by Gasteiger charge is 2.68. The summed E-state index contributed by atoms with van der Waals surface area (Å²) in [7, 11) is 0. The maximum absolute atomic E-state index is 12.7. The molecule has 0 amide bonds. The molecule has 4 aliphatic rings. The molecule has 3 saturated carbocycles. The molecule has 0 heterocycles. The first-order chi connectivity index (χ1) is 14.8. The Kier molecular flexibility index (Phi) is 5.76. The molecule has 0 aromatic carbocycles. The predicted octanol–water partition coefficient (Wildman–Crippen LogP) is 7.23. The number of rotatable bonds is 4. The summed E-state index contributed by atoms with van der Waals surface area (Å²) in [6.45, 7) is 16.5. The molecule has 0 saturated heterocycles. The van der Waals surface area contributed by atoms with Crippen LogP contribution in [0.1, 0.15) is 113 Å². The van der Waals surface area contributed by atoms with Gasteiger partial charge in [0.05, 0.1) is 11.5 Å². The van der Waals surface area contributed by atoms with Crippen LogP contribution >= 0.6 is 0 Å². The number of carbonyl (C=O) groups is 1. The average Bonchev–Trinajstić information content (AvgIpc) is 2.72. The smallest absolute Gasteiger partial charge is 0.310 e. The Labute approximate surface area is 196 Å². The fraction of sp³-hybridized carbons (Fsp3) is 0.897. The van der Waals surface area contributed by atoms with Gasteiger partial charge in [-0.15, -0.1) is 0 Å². The third-order valence-corrected chi connectivity index (χ3v) is 12.1. The summed E-state index contributed by atoms with van der Waals surface area (Å²) in [5.74, 6) is 0.751. The van der Waals surface area contributed by atoms with Gasteiger partial charge in [-0.05, 0) is 97.2 Å². The molecule has 0 spiro atoms. The van der Waals surface area contributed by atoms with Gasteiger partial charge in [0.2, 0.25) is 0 Å². The molecule has 32 heavy (non-hydrogen) atoms. The van der Waals surface area contributed by atoms with Crippen LogP contribution < -0.4 is 0 Å². The Morgan fingerprint density at radius 2 is 1.69 bits per heavy atom. The molecular formula is C29H48O3. The van der Waals surface area contributed by atoms with E-state index in [1.54, 1.807) is 0 Å². The number of allylic oxidation sites excluding steroid dienone is 2. The summed E-state index contributed by atoms with van der Waals surface area (Å²) in [6.07, 6.45) is 12.3. The molecule has 8 atom stereocenters. The van der Waals surface area contributed by atoms with Crippen LogP contribution in [-0.4, -0.2) is 22.3 Å². The van der Waals surface area contributed by atoms with Crippen molar-refractivity contribution in [3.63, 3.8) is 0 Å². The van der Waals surface area contributed by atoms with Crippen molar-refractivity contribution in [1.82, 2.24) is 0 Å². The first kappa shape index (κ1) is 24.3. The summed E-state index contributed by atoms with van der Waals surface area (Å²) in [5, 5.41) is 21.3. The SMILES string of the molecule is CCC[C@]1(C(=O)O)CC[C@]2(C)C(=CCC3[C@@]4(C)CC[C@H](O)C(C)(C)C4CC[C@]32C)C1CC. The number of aliphatic hydroxyl groups is 1. The van der Waals surface area contributed by atoms with Gasteiger partial charge in [-0.1, -0.05) is 66.5 Å². The van der Waals surface area contributed by atoms with Crippen molar-refractivity contribution in [2.24, 2.45) is 44.8 Å². The second-order valence-electron chi connectivity index (χ2n) is 13.3. The van der Waals surface area contributed by atoms with Crippen LogP contribution in [0.25, 0.3) is 0 Å². The maximum atomic E-state index is 12.7. The Morgan fingerprint density at radius 1 is 1.00 bits per heavy atom. The standard InChI is InChI=1S/C29H48O3/c1-8-14-29(24(31)32)18-17-27(6)20(19(29)9-2)10-11-22-26(5)15-13-23(30)25(3,4)21(26)12-16-28(22,27)7/h10,19,21-23,30H,8-9,11-18H2,1-7H3,(H,31,32)/t19?,21?,22?,23-,26-,27+,28+,29-/m0/s1. The number of fused-ring (bicyclic) bond motifs is 5. The quantitative estimate of drug-likeness (QED) is 0.450. The van der Waals surface area contributed by atoms with Gasteiger partial charge in [0, 0.05) is 0 Å². The lowest BCUT2D eigenvalue weighted by molar-refractivity contribution is -0.203. The van der Waals surface area contributed by atoms with Crippen LogP contribution in [0, 0.1) is 44.8 Å². The van der Waals surface area contributed by atoms with Crippen molar-refractivity contribution in [3.05, 3.63) is 11.6 Å². The summed E-state index contributed by atoms with van der Waals surface area (Å²) in [5.41, 5.74) is 1.39. The number of hydrogen-bond donors (Lipinski definition) is 2. The molecule has 0 bridgehead atoms. The lowest BCUT2D eigenvalue weighted by Crippen LogP contribution is -2.64. The highest BCUT2D eigenvalue weighted by atomic mass is 16.4. The monoisotopic (exact) mass is 444 g/mol. The molecule has 0 aliphatic heterocycles. The molecule has 2 N–H and O–H groups in total. The Bertz CT molecular complexity index is 798. The minimum absolute atomic E-state index is 0.0304. The largest absolute Gasteiger partial charge is 0.481 e. The van der Waals surface area contributed by atoms with Crippen LogP contribution in [-0.2, 0) is 4.79 Å². The topological polar surface area (TPSA) is 57.5 Å². The minimum atomic E-state index is -0.587. The third-order valence-electron chi connectivity index (χ3n) is 12.1. The lowest BCUT2D eigenvalue weighted by Gasteiger charge is -2.70. The van der Waals surface area contributed by atoms with Gasteiger partial charge in [0.1, 0.15) is 0 Å². The van der Waals surface area contributed by atoms with Crippen molar-refractivity contribution in [2.45, 2.75) is 119 Å². The Balaban J connectivity index is 1.80. The van der Waals surface area contributed by atoms with Crippen LogP contribution in [0.4, 0.5) is 0 Å². The Morgan fingerprint density at radius 3 is 2.28 bits per heavy atom. The van der Waals surface area contributed by atoms with E-state index in [0.717, 1.165) is 51.4 Å². The summed E-state index contributed by atoms with van der Waals surface area (Å²) < 4.78 is 0. The van der Waals surface area contributed by atoms with E-state index in [9.17, 15) is 15.0 Å². The van der Waals surface area contributed by atoms with Gasteiger partial charge < -0.3 is 10.2 Å². The van der Waals surface area contributed by atoms with E-state index in [4.69, 9.17) is 0 Å². The van der Waals surface area contributed by atoms with Crippen molar-refractivity contribution in [1.29, 1.82) is 0 Å². The zero-order valence-corrected chi connectivity index (χ0v) is 21.8. The molecule has 0 aromatic heterocycles. The van der Waals surface area contributed by atoms with E-state index in [2.05, 4.69) is 54.5 Å². The molecule has 0 radical (unpaired) electrons. The normalized spacial score (nSPS) is 49.9. The Hall–Kier alpha value is -0.830. The van der Waals surface area contributed by atoms with E-state index in [0.29, 0.717) is 11.8 Å². The van der Waals surface area contributed by atoms with Crippen LogP contribution in [0.3, 0.4) is 0 Å². The highest BCUT2D eigenvalue weighted by molar-refractivity contribution is 5.76. The third kappa shape index (κ3) is 2.85. The van der Waals surface area contributed by atoms with E-state index in [-0.39, 0.29) is 33.7 Å². The van der Waals surface area contributed by atoms with Gasteiger partial charge in [0.25, 0.3) is 0 Å². The molecular weight excluding hydrogens is 396 g/mol. The highest BCUT2D eigenvalue weighted by Crippen LogP contribution is 2.74. The first-order valence-electron chi connectivity index (χ1n) is 13.5. The molecule has 3 fully saturated rings. The second-order valence-corrected chi connectivity index (χ2v) is 13.3. The molecule has 182 valence electrons. The van der Waals surface area contributed by atoms with E-state index >= 15 is 0 Å². The molecule has 3 unspecified atom stereocenters. The predicted molar refractivity (Wildman–Crippen MR) is 130 cm³/mol. The lowest BCUT2D eigenvalue weighted by atomic mass is 9.34. The fourth-order valence-electron chi connectivity index (χ4n) is 10.2. The second kappa shape index (κ2) is 7.59. The van der Waals surface area contributed by atoms with Crippen molar-refractivity contribution in [2.75, 3.05) is 0 Å². The summed E-state index contributed by atoms with van der Waals surface area (Å²) >= 11 is 0. The molecule has 4 aliphatic carbocycles. The van der Waals surface area contributed by atoms with Crippen molar-refractivity contribution in [3.8, 4) is 0 Å². The number of aliphatic hydroxyl groups excluding tert-OH is 1. The van der Waals surface area contributed by atoms with E-state index < -0.39 is 11.4 Å². The molecule has 3 nitrogen and oxygen atoms in total. The zero-order valence-electron chi connectivity index (χ0n) is 21.8. The van der Waals surface area contributed by atoms with Crippen LogP contribution in [0.2, 0.25) is 0 Å². The molecule has 0 aromatic rings. The van der Waals surface area contributed by atoms with E-state index in [1.807, 2.05) is 0 Å². The van der Waals surface area contributed by atoms with Gasteiger partial charge in [-0.2, -0.15) is 0 Å².